The van der Waals surface area contributed by atoms with E-state index in [1.54, 1.807) is 13.0 Å². The van der Waals surface area contributed by atoms with E-state index >= 15 is 0 Å². The third kappa shape index (κ3) is 8.24. The summed E-state index contributed by atoms with van der Waals surface area (Å²) < 4.78 is 17.8. The summed E-state index contributed by atoms with van der Waals surface area (Å²) in [5.41, 5.74) is 0.423. The number of unbranched alkanes of at least 4 members (excludes halogenated alkanes) is 3. The Morgan fingerprint density at radius 3 is 2.68 bits per heavy atom. The minimum absolute atomic E-state index is 0.157. The summed E-state index contributed by atoms with van der Waals surface area (Å²) in [6.07, 6.45) is 3.93. The second-order valence-electron chi connectivity index (χ2n) is 4.86. The Balaban J connectivity index is 2.02. The fourth-order valence-corrected chi connectivity index (χ4v) is 1.92. The molecule has 1 aromatic rings. The first-order chi connectivity index (χ1) is 10.6. The molecule has 22 heavy (non-hydrogen) atoms. The van der Waals surface area contributed by atoms with Crippen molar-refractivity contribution in [2.45, 2.75) is 39.0 Å². The topological polar surface area (TPSA) is 67.4 Å². The molecule has 2 amide bonds. The predicted molar refractivity (Wildman–Crippen MR) is 83.1 cm³/mol. The molecule has 0 aliphatic carbocycles. The van der Waals surface area contributed by atoms with Crippen molar-refractivity contribution in [3.63, 3.8) is 0 Å². The summed E-state index contributed by atoms with van der Waals surface area (Å²) in [5.74, 6) is -0.547. The van der Waals surface area contributed by atoms with Gasteiger partial charge in [0, 0.05) is 18.7 Å². The van der Waals surface area contributed by atoms with E-state index in [0.717, 1.165) is 25.7 Å². The van der Waals surface area contributed by atoms with E-state index in [2.05, 4.69) is 10.6 Å². The van der Waals surface area contributed by atoms with Gasteiger partial charge in [0.15, 0.2) is 0 Å². The van der Waals surface area contributed by atoms with Gasteiger partial charge < -0.3 is 15.4 Å². The second kappa shape index (κ2) is 10.6. The summed E-state index contributed by atoms with van der Waals surface area (Å²) >= 11 is 0. The van der Waals surface area contributed by atoms with Crippen LogP contribution < -0.4 is 10.6 Å². The molecule has 0 saturated carbocycles. The van der Waals surface area contributed by atoms with Crippen LogP contribution >= 0.6 is 0 Å². The number of hydrogen-bond donors (Lipinski definition) is 2. The van der Waals surface area contributed by atoms with Gasteiger partial charge in [0.1, 0.15) is 5.82 Å². The number of anilines is 1. The van der Waals surface area contributed by atoms with Crippen molar-refractivity contribution in [3.8, 4) is 0 Å². The molecule has 0 aliphatic heterocycles. The van der Waals surface area contributed by atoms with Gasteiger partial charge in [-0.1, -0.05) is 18.9 Å². The van der Waals surface area contributed by atoms with Crippen molar-refractivity contribution in [2.24, 2.45) is 0 Å². The van der Waals surface area contributed by atoms with E-state index in [9.17, 15) is 14.0 Å². The first kappa shape index (κ1) is 17.9. The number of urea groups is 1. The van der Waals surface area contributed by atoms with E-state index in [-0.39, 0.29) is 17.8 Å². The molecule has 0 bridgehead atoms. The van der Waals surface area contributed by atoms with Crippen LogP contribution in [0.25, 0.3) is 0 Å². The number of nitrogens with one attached hydrogen (secondary N) is 2. The molecule has 0 heterocycles. The van der Waals surface area contributed by atoms with Crippen LogP contribution in [0.3, 0.4) is 0 Å². The summed E-state index contributed by atoms with van der Waals surface area (Å²) in [6, 6.07) is 5.39. The highest BCUT2D eigenvalue weighted by atomic mass is 19.1. The van der Waals surface area contributed by atoms with Gasteiger partial charge in [0.25, 0.3) is 0 Å². The zero-order valence-electron chi connectivity index (χ0n) is 12.9. The minimum atomic E-state index is -0.389. The molecular formula is C16H23FN2O3. The van der Waals surface area contributed by atoms with E-state index in [1.807, 2.05) is 0 Å². The van der Waals surface area contributed by atoms with Gasteiger partial charge in [0.2, 0.25) is 0 Å². The number of carbonyl (C=O) groups is 2. The molecule has 2 N–H and O–H groups in total. The zero-order chi connectivity index (χ0) is 16.2. The maximum atomic E-state index is 12.9. The SMILES string of the molecule is CCOC(=O)CCCCCCNC(=O)Nc1cccc(F)c1. The molecule has 0 unspecified atom stereocenters. The van der Waals surface area contributed by atoms with Crippen molar-refractivity contribution in [1.82, 2.24) is 5.32 Å². The lowest BCUT2D eigenvalue weighted by atomic mass is 10.1. The molecule has 0 aromatic heterocycles. The third-order valence-electron chi connectivity index (χ3n) is 2.98. The first-order valence-electron chi connectivity index (χ1n) is 7.58. The van der Waals surface area contributed by atoms with Crippen LogP contribution in [0.5, 0.6) is 0 Å². The van der Waals surface area contributed by atoms with Gasteiger partial charge in [-0.05, 0) is 38.0 Å². The molecule has 5 nitrogen and oxygen atoms in total. The normalized spacial score (nSPS) is 10.1. The third-order valence-corrected chi connectivity index (χ3v) is 2.98. The summed E-state index contributed by atoms with van der Waals surface area (Å²) in [7, 11) is 0. The largest absolute Gasteiger partial charge is 0.466 e. The van der Waals surface area contributed by atoms with Gasteiger partial charge >= 0.3 is 12.0 Å². The summed E-state index contributed by atoms with van der Waals surface area (Å²) in [5, 5.41) is 5.27. The number of halogens is 1. The number of ether oxygens (including phenoxy) is 1. The number of carbonyl (C=O) groups excluding carboxylic acids is 2. The maximum Gasteiger partial charge on any atom is 0.319 e. The van der Waals surface area contributed by atoms with E-state index in [0.29, 0.717) is 25.3 Å². The molecule has 6 heteroatoms. The fourth-order valence-electron chi connectivity index (χ4n) is 1.92. The van der Waals surface area contributed by atoms with Crippen LogP contribution in [0.1, 0.15) is 39.0 Å². The smallest absolute Gasteiger partial charge is 0.319 e. The minimum Gasteiger partial charge on any atom is -0.466 e. The van der Waals surface area contributed by atoms with Gasteiger partial charge in [-0.3, -0.25) is 4.79 Å². The van der Waals surface area contributed by atoms with Crippen molar-refractivity contribution in [3.05, 3.63) is 30.1 Å². The van der Waals surface area contributed by atoms with Crippen molar-refractivity contribution >= 4 is 17.7 Å². The molecule has 0 fully saturated rings. The molecule has 122 valence electrons. The number of rotatable bonds is 9. The molecule has 0 aliphatic rings. The van der Waals surface area contributed by atoms with Crippen LogP contribution in [0.2, 0.25) is 0 Å². The van der Waals surface area contributed by atoms with Gasteiger partial charge in [0.05, 0.1) is 6.61 Å². The summed E-state index contributed by atoms with van der Waals surface area (Å²) in [6.45, 7) is 2.75. The molecule has 0 spiro atoms. The van der Waals surface area contributed by atoms with Crippen LogP contribution in [0, 0.1) is 5.82 Å². The Labute approximate surface area is 130 Å². The Hall–Kier alpha value is -2.11. The predicted octanol–water partition coefficient (Wildman–Crippen LogP) is 3.46. The maximum absolute atomic E-state index is 12.9. The standard InChI is InChI=1S/C16H23FN2O3/c1-2-22-15(20)10-5-3-4-6-11-18-16(21)19-14-9-7-8-13(17)12-14/h7-9,12H,2-6,10-11H2,1H3,(H2,18,19,21). The Morgan fingerprint density at radius 1 is 1.18 bits per heavy atom. The Morgan fingerprint density at radius 2 is 1.95 bits per heavy atom. The number of esters is 1. The molecule has 1 rings (SSSR count). The van der Waals surface area contributed by atoms with Gasteiger partial charge in [-0.15, -0.1) is 0 Å². The van der Waals surface area contributed by atoms with Crippen LogP contribution in [-0.2, 0) is 9.53 Å². The number of amides is 2. The molecular weight excluding hydrogens is 287 g/mol. The Kier molecular flexibility index (Phi) is 8.64. The van der Waals surface area contributed by atoms with E-state index < -0.39 is 0 Å². The Bertz CT molecular complexity index is 480. The monoisotopic (exact) mass is 310 g/mol. The lowest BCUT2D eigenvalue weighted by molar-refractivity contribution is -0.143. The lowest BCUT2D eigenvalue weighted by Gasteiger charge is -2.07. The van der Waals surface area contributed by atoms with Gasteiger partial charge in [-0.25, -0.2) is 9.18 Å². The van der Waals surface area contributed by atoms with E-state index in [4.69, 9.17) is 4.74 Å². The van der Waals surface area contributed by atoms with Crippen molar-refractivity contribution in [1.29, 1.82) is 0 Å². The highest BCUT2D eigenvalue weighted by Crippen LogP contribution is 2.08. The zero-order valence-corrected chi connectivity index (χ0v) is 12.9. The quantitative estimate of drug-likeness (QED) is 0.542. The van der Waals surface area contributed by atoms with Gasteiger partial charge in [-0.2, -0.15) is 0 Å². The number of hydrogen-bond acceptors (Lipinski definition) is 3. The molecule has 0 radical (unpaired) electrons. The van der Waals surface area contributed by atoms with Crippen LogP contribution in [0.15, 0.2) is 24.3 Å². The molecule has 0 atom stereocenters. The van der Waals surface area contributed by atoms with Crippen molar-refractivity contribution in [2.75, 3.05) is 18.5 Å². The van der Waals surface area contributed by atoms with Crippen LogP contribution in [0.4, 0.5) is 14.9 Å². The molecule has 1 aromatic carbocycles. The average molecular weight is 310 g/mol. The highest BCUT2D eigenvalue weighted by Gasteiger charge is 2.03. The van der Waals surface area contributed by atoms with E-state index in [1.165, 1.54) is 18.2 Å². The highest BCUT2D eigenvalue weighted by molar-refractivity contribution is 5.89. The summed E-state index contributed by atoms with van der Waals surface area (Å²) in [4.78, 5) is 22.7. The second-order valence-corrected chi connectivity index (χ2v) is 4.86. The first-order valence-corrected chi connectivity index (χ1v) is 7.58. The lowest BCUT2D eigenvalue weighted by Crippen LogP contribution is -2.29. The number of benzene rings is 1. The van der Waals surface area contributed by atoms with Crippen LogP contribution in [-0.4, -0.2) is 25.2 Å². The average Bonchev–Trinajstić information content (AvgIpc) is 2.46. The fraction of sp³-hybridized carbons (Fsp3) is 0.500. The van der Waals surface area contributed by atoms with Crippen molar-refractivity contribution < 1.29 is 18.7 Å². The molecule has 0 saturated heterocycles.